The molecule has 1 aromatic carbocycles. The Morgan fingerprint density at radius 1 is 1.19 bits per heavy atom. The number of carbonyl (C=O) groups is 1. The van der Waals surface area contributed by atoms with Crippen LogP contribution in [0.3, 0.4) is 0 Å². The summed E-state index contributed by atoms with van der Waals surface area (Å²) in [5.41, 5.74) is 4.24. The minimum Gasteiger partial charge on any atom is -0.489 e. The third kappa shape index (κ3) is 3.84. The Balaban J connectivity index is 1.23. The van der Waals surface area contributed by atoms with Gasteiger partial charge in [-0.05, 0) is 51.7 Å². The van der Waals surface area contributed by atoms with Crippen LogP contribution in [0.2, 0.25) is 5.02 Å². The first-order valence-electron chi connectivity index (χ1n) is 12.4. The number of piperidine rings is 1. The zero-order valence-corrected chi connectivity index (χ0v) is 21.1. The van der Waals surface area contributed by atoms with Gasteiger partial charge in [-0.2, -0.15) is 5.10 Å². The molecular formula is C26H28ClF2N5O2. The van der Waals surface area contributed by atoms with E-state index < -0.39 is 5.82 Å². The van der Waals surface area contributed by atoms with Gasteiger partial charge in [0, 0.05) is 30.3 Å². The molecule has 3 aromatic rings. The van der Waals surface area contributed by atoms with E-state index >= 15 is 0 Å². The Hall–Kier alpha value is -2.78. The van der Waals surface area contributed by atoms with Crippen molar-refractivity contribution in [2.75, 3.05) is 13.2 Å². The average molecular weight is 516 g/mol. The number of amides is 1. The maximum Gasteiger partial charge on any atom is 0.258 e. The standard InChI is InChI=1S/C26H28ClF2N5O2/c1-14-24(27)15(2)34-25(30-14)21-12-32(13-22(21)31-34)26(35)20-6-3-16(29)9-23(20)36-19-10-17-4-5-18(11-19)33(17)8-7-28/h3,6,9,17-19H,4-5,7-8,10-13H2,1-2H3/t17-,18-/m0/s1. The summed E-state index contributed by atoms with van der Waals surface area (Å²) in [5, 5.41) is 5.23. The van der Waals surface area contributed by atoms with Gasteiger partial charge in [-0.15, -0.1) is 0 Å². The summed E-state index contributed by atoms with van der Waals surface area (Å²) in [6.45, 7) is 4.52. The van der Waals surface area contributed by atoms with Crippen molar-refractivity contribution < 1.29 is 18.3 Å². The maximum absolute atomic E-state index is 14.2. The summed E-state index contributed by atoms with van der Waals surface area (Å²) in [7, 11) is 0. The summed E-state index contributed by atoms with van der Waals surface area (Å²) in [4.78, 5) is 22.1. The molecule has 5 heterocycles. The van der Waals surface area contributed by atoms with Gasteiger partial charge in [-0.25, -0.2) is 18.3 Å². The molecule has 7 nitrogen and oxygen atoms in total. The largest absolute Gasteiger partial charge is 0.489 e. The number of ether oxygens (including phenoxy) is 1. The molecule has 36 heavy (non-hydrogen) atoms. The average Bonchev–Trinajstić information content (AvgIpc) is 3.48. The predicted molar refractivity (Wildman–Crippen MR) is 131 cm³/mol. The van der Waals surface area contributed by atoms with Gasteiger partial charge in [0.2, 0.25) is 0 Å². The molecule has 0 unspecified atom stereocenters. The van der Waals surface area contributed by atoms with Crippen LogP contribution in [0.25, 0.3) is 5.65 Å². The lowest BCUT2D eigenvalue weighted by Gasteiger charge is -2.38. The van der Waals surface area contributed by atoms with Crippen LogP contribution >= 0.6 is 11.6 Å². The Kier molecular flexibility index (Phi) is 5.87. The Bertz CT molecular complexity index is 1350. The van der Waals surface area contributed by atoms with E-state index in [0.717, 1.165) is 48.3 Å². The second-order valence-corrected chi connectivity index (χ2v) is 10.5. The van der Waals surface area contributed by atoms with Crippen LogP contribution in [0.5, 0.6) is 5.75 Å². The smallest absolute Gasteiger partial charge is 0.258 e. The normalized spacial score (nSPS) is 23.5. The third-order valence-electron chi connectivity index (χ3n) is 7.89. The fourth-order valence-electron chi connectivity index (χ4n) is 6.16. The molecule has 2 fully saturated rings. The van der Waals surface area contributed by atoms with Crippen molar-refractivity contribution >= 4 is 23.2 Å². The number of halogens is 3. The summed E-state index contributed by atoms with van der Waals surface area (Å²) < 4.78 is 35.2. The number of hydrogen-bond acceptors (Lipinski definition) is 5. The first-order chi connectivity index (χ1) is 17.3. The van der Waals surface area contributed by atoms with Gasteiger partial charge in [-0.1, -0.05) is 11.6 Å². The highest BCUT2D eigenvalue weighted by molar-refractivity contribution is 6.31. The van der Waals surface area contributed by atoms with E-state index in [1.54, 1.807) is 9.42 Å². The number of aryl methyl sites for hydroxylation is 2. The molecule has 2 bridgehead atoms. The lowest BCUT2D eigenvalue weighted by molar-refractivity contribution is 0.0445. The molecule has 0 radical (unpaired) electrons. The van der Waals surface area contributed by atoms with Crippen LogP contribution < -0.4 is 4.74 Å². The van der Waals surface area contributed by atoms with E-state index in [4.69, 9.17) is 16.3 Å². The molecule has 2 atom stereocenters. The highest BCUT2D eigenvalue weighted by Crippen LogP contribution is 2.38. The summed E-state index contributed by atoms with van der Waals surface area (Å²) in [5.74, 6) is -0.422. The topological polar surface area (TPSA) is 63.0 Å². The van der Waals surface area contributed by atoms with Crippen LogP contribution in [0, 0.1) is 19.7 Å². The summed E-state index contributed by atoms with van der Waals surface area (Å²) in [6.07, 6.45) is 3.41. The molecule has 3 aliphatic heterocycles. The van der Waals surface area contributed by atoms with Crippen molar-refractivity contribution in [3.05, 3.63) is 57.2 Å². The van der Waals surface area contributed by atoms with E-state index in [-0.39, 0.29) is 36.5 Å². The molecule has 2 aromatic heterocycles. The van der Waals surface area contributed by atoms with Gasteiger partial charge in [0.05, 0.1) is 40.8 Å². The van der Waals surface area contributed by atoms with Crippen molar-refractivity contribution in [3.63, 3.8) is 0 Å². The van der Waals surface area contributed by atoms with Crippen LogP contribution in [0.1, 0.15) is 58.7 Å². The fraction of sp³-hybridized carbons (Fsp3) is 0.500. The molecule has 6 rings (SSSR count). The van der Waals surface area contributed by atoms with Gasteiger partial charge in [0.15, 0.2) is 5.65 Å². The van der Waals surface area contributed by atoms with Crippen LogP contribution in [-0.4, -0.2) is 61.7 Å². The molecule has 0 aliphatic carbocycles. The number of fused-ring (bicyclic) bond motifs is 5. The van der Waals surface area contributed by atoms with Gasteiger partial charge in [0.25, 0.3) is 5.91 Å². The second-order valence-electron chi connectivity index (χ2n) is 10.1. The van der Waals surface area contributed by atoms with Crippen molar-refractivity contribution in [2.45, 2.75) is 70.8 Å². The quantitative estimate of drug-likeness (QED) is 0.495. The van der Waals surface area contributed by atoms with Crippen LogP contribution in [-0.2, 0) is 13.1 Å². The molecule has 0 N–H and O–H groups in total. The summed E-state index contributed by atoms with van der Waals surface area (Å²) >= 11 is 6.34. The third-order valence-corrected chi connectivity index (χ3v) is 8.44. The maximum atomic E-state index is 14.2. The molecule has 0 saturated carbocycles. The van der Waals surface area contributed by atoms with E-state index in [1.807, 2.05) is 13.8 Å². The van der Waals surface area contributed by atoms with Crippen LogP contribution in [0.15, 0.2) is 18.2 Å². The van der Waals surface area contributed by atoms with Crippen molar-refractivity contribution in [2.24, 2.45) is 0 Å². The van der Waals surface area contributed by atoms with Crippen molar-refractivity contribution in [1.29, 1.82) is 0 Å². The monoisotopic (exact) mass is 515 g/mol. The number of rotatable bonds is 5. The van der Waals surface area contributed by atoms with E-state index in [2.05, 4.69) is 15.0 Å². The molecule has 0 spiro atoms. The lowest BCUT2D eigenvalue weighted by atomic mass is 9.99. The van der Waals surface area contributed by atoms with Gasteiger partial charge < -0.3 is 9.64 Å². The molecule has 1 amide bonds. The summed E-state index contributed by atoms with van der Waals surface area (Å²) in [6, 6.07) is 4.63. The number of aromatic nitrogens is 3. The first-order valence-corrected chi connectivity index (χ1v) is 12.8. The van der Waals surface area contributed by atoms with Gasteiger partial charge in [-0.3, -0.25) is 9.69 Å². The minimum atomic E-state index is -0.450. The lowest BCUT2D eigenvalue weighted by Crippen LogP contribution is -2.47. The fourth-order valence-corrected chi connectivity index (χ4v) is 6.28. The Morgan fingerprint density at radius 3 is 2.67 bits per heavy atom. The minimum absolute atomic E-state index is 0.133. The van der Waals surface area contributed by atoms with Gasteiger partial charge >= 0.3 is 0 Å². The number of carbonyl (C=O) groups excluding carboxylic acids is 1. The Labute approximate surface area is 213 Å². The first kappa shape index (κ1) is 23.6. The number of benzene rings is 1. The highest BCUT2D eigenvalue weighted by Gasteiger charge is 2.41. The number of hydrogen-bond donors (Lipinski definition) is 0. The number of nitrogens with zero attached hydrogens (tertiary/aromatic N) is 5. The molecular weight excluding hydrogens is 488 g/mol. The number of alkyl halides is 1. The van der Waals surface area contributed by atoms with Crippen molar-refractivity contribution in [3.8, 4) is 5.75 Å². The molecule has 190 valence electrons. The molecule has 10 heteroatoms. The van der Waals surface area contributed by atoms with Gasteiger partial charge in [0.1, 0.15) is 24.3 Å². The molecule has 2 saturated heterocycles. The van der Waals surface area contributed by atoms with E-state index in [1.165, 1.54) is 18.2 Å². The zero-order chi connectivity index (χ0) is 25.1. The van der Waals surface area contributed by atoms with E-state index in [9.17, 15) is 13.6 Å². The Morgan fingerprint density at radius 2 is 1.94 bits per heavy atom. The highest BCUT2D eigenvalue weighted by atomic mass is 35.5. The SMILES string of the molecule is Cc1nc2c3c(nn2c(C)c1Cl)CN(C(=O)c1ccc(F)cc1OC1C[C@@H]2CC[C@@H](C1)N2CCF)C3. The van der Waals surface area contributed by atoms with Crippen molar-refractivity contribution in [1.82, 2.24) is 24.4 Å². The zero-order valence-electron chi connectivity index (χ0n) is 20.3. The van der Waals surface area contributed by atoms with E-state index in [0.29, 0.717) is 35.9 Å². The second kappa shape index (κ2) is 8.95. The molecule has 3 aliphatic rings. The predicted octanol–water partition coefficient (Wildman–Crippen LogP) is 4.64. The van der Waals surface area contributed by atoms with Crippen LogP contribution in [0.4, 0.5) is 8.78 Å².